The van der Waals surface area contributed by atoms with Crippen molar-refractivity contribution >= 4 is 43.2 Å². The van der Waals surface area contributed by atoms with E-state index in [1.807, 2.05) is 0 Å². The van der Waals surface area contributed by atoms with E-state index in [0.29, 0.717) is 5.91 Å². The topological polar surface area (TPSA) is 20.3 Å². The summed E-state index contributed by atoms with van der Waals surface area (Å²) in [7, 11) is 0. The molecule has 0 fully saturated rings. The van der Waals surface area contributed by atoms with Gasteiger partial charge in [0.1, 0.15) is 0 Å². The molecule has 12 heavy (non-hydrogen) atoms. The third-order valence-electron chi connectivity index (χ3n) is 1.66. The van der Waals surface area contributed by atoms with Gasteiger partial charge in [-0.25, -0.2) is 0 Å². The van der Waals surface area contributed by atoms with Crippen LogP contribution in [0.25, 0.3) is 0 Å². The Balaban J connectivity index is 4.82. The Morgan fingerprint density at radius 1 is 0.917 bits per heavy atom. The van der Waals surface area contributed by atoms with Crippen LogP contribution in [0.4, 0.5) is 0 Å². The molecule has 0 unspecified atom stereocenters. The van der Waals surface area contributed by atoms with Gasteiger partial charge in [-0.3, -0.25) is 0 Å². The van der Waals surface area contributed by atoms with Crippen LogP contribution in [-0.2, 0) is 4.79 Å². The molecule has 0 atom stereocenters. The molecule has 0 saturated carbocycles. The Kier molecular flexibility index (Phi) is 4.43. The molecular formula is C8H21NOSn2. The van der Waals surface area contributed by atoms with Gasteiger partial charge in [-0.15, -0.1) is 0 Å². The number of carbonyl (C=O) groups excluding carboxylic acids is 1. The Hall–Kier alpha value is 1.07. The molecule has 72 valence electrons. The van der Waals surface area contributed by atoms with Crippen molar-refractivity contribution in [3.8, 4) is 0 Å². The second kappa shape index (κ2) is 4.07. The standard InChI is InChI=1S/C2H3NO.6CH3.2Sn/c1-2(3)4;;;;;;;;/h1H3;6*1H3;;. The van der Waals surface area contributed by atoms with Crippen LogP contribution >= 0.6 is 0 Å². The number of amides is 1. The first-order chi connectivity index (χ1) is 5.07. The molecule has 0 saturated heterocycles. The molecule has 0 heterocycles. The summed E-state index contributed by atoms with van der Waals surface area (Å²) in [5, 5.41) is 0. The summed E-state index contributed by atoms with van der Waals surface area (Å²) >= 11 is -4.26. The molecule has 1 amide bonds. The fourth-order valence-corrected chi connectivity index (χ4v) is 51.6. The van der Waals surface area contributed by atoms with E-state index in [1.165, 1.54) is 0 Å². The van der Waals surface area contributed by atoms with Crippen molar-refractivity contribution in [2.24, 2.45) is 0 Å². The molecule has 0 aromatic heterocycles. The van der Waals surface area contributed by atoms with Gasteiger partial charge in [-0.1, -0.05) is 0 Å². The van der Waals surface area contributed by atoms with Crippen LogP contribution in [0.3, 0.4) is 0 Å². The number of hydrogen-bond donors (Lipinski definition) is 0. The molecule has 0 rings (SSSR count). The summed E-state index contributed by atoms with van der Waals surface area (Å²) < 4.78 is 2.32. The molecule has 0 aromatic carbocycles. The first-order valence-corrected chi connectivity index (χ1v) is 24.1. The van der Waals surface area contributed by atoms with E-state index in [1.54, 1.807) is 6.92 Å². The van der Waals surface area contributed by atoms with E-state index in [2.05, 4.69) is 31.0 Å². The number of carbonyl (C=O) groups is 1. The predicted molar refractivity (Wildman–Crippen MR) is 59.2 cm³/mol. The maximum absolute atomic E-state index is 11.5. The SMILES string of the molecule is CC(=O)[N]([Sn]([CH3])([CH3])[CH3])[Sn]([CH3])([CH3])[CH3]. The third kappa shape index (κ3) is 3.85. The van der Waals surface area contributed by atoms with Crippen molar-refractivity contribution in [2.75, 3.05) is 0 Å². The Morgan fingerprint density at radius 3 is 1.17 bits per heavy atom. The molecule has 0 aromatic rings. The van der Waals surface area contributed by atoms with Crippen LogP contribution < -0.4 is 0 Å². The predicted octanol–water partition coefficient (Wildman–Crippen LogP) is 2.50. The maximum atomic E-state index is 11.5. The van der Waals surface area contributed by atoms with Gasteiger partial charge in [-0.05, 0) is 0 Å². The summed E-state index contributed by atoms with van der Waals surface area (Å²) in [5.41, 5.74) is 0. The van der Waals surface area contributed by atoms with Crippen molar-refractivity contribution in [1.82, 2.24) is 1.34 Å². The van der Waals surface area contributed by atoms with Crippen LogP contribution in [0.2, 0.25) is 29.6 Å². The van der Waals surface area contributed by atoms with Crippen molar-refractivity contribution in [2.45, 2.75) is 36.6 Å². The van der Waals surface area contributed by atoms with Gasteiger partial charge in [0, 0.05) is 0 Å². The first kappa shape index (κ1) is 13.1. The zero-order valence-corrected chi connectivity index (χ0v) is 15.1. The number of hydrogen-bond acceptors (Lipinski definition) is 1. The average Bonchev–Trinajstić information content (AvgIpc) is 1.49. The van der Waals surface area contributed by atoms with Crippen molar-refractivity contribution < 1.29 is 4.79 Å². The van der Waals surface area contributed by atoms with Crippen LogP contribution in [0, 0.1) is 0 Å². The van der Waals surface area contributed by atoms with Crippen molar-refractivity contribution in [3.05, 3.63) is 0 Å². The Bertz CT molecular complexity index is 164. The summed E-state index contributed by atoms with van der Waals surface area (Å²) in [6.45, 7) is 1.73. The molecule has 2 nitrogen and oxygen atoms in total. The zero-order chi connectivity index (χ0) is 10.2. The fraction of sp³-hybridized carbons (Fsp3) is 0.875. The molecule has 0 aliphatic carbocycles. The molecule has 0 aliphatic rings. The summed E-state index contributed by atoms with van der Waals surface area (Å²) in [6.07, 6.45) is 0. The quantitative estimate of drug-likeness (QED) is 0.670. The molecular weight excluding hydrogens is 364 g/mol. The monoisotopic (exact) mass is 387 g/mol. The molecule has 0 bridgehead atoms. The Morgan fingerprint density at radius 2 is 1.17 bits per heavy atom. The molecule has 0 aliphatic heterocycles. The van der Waals surface area contributed by atoms with Gasteiger partial charge >= 0.3 is 85.9 Å². The first-order valence-electron chi connectivity index (χ1n) is 4.37. The minimum atomic E-state index is -2.13. The number of rotatable bonds is 2. The molecule has 0 spiro atoms. The minimum absolute atomic E-state index is 0.321. The summed E-state index contributed by atoms with van der Waals surface area (Å²) in [4.78, 5) is 25.4. The zero-order valence-electron chi connectivity index (χ0n) is 9.36. The molecule has 0 N–H and O–H groups in total. The molecule has 0 radical (unpaired) electrons. The van der Waals surface area contributed by atoms with Crippen molar-refractivity contribution in [1.29, 1.82) is 0 Å². The average molecular weight is 385 g/mol. The van der Waals surface area contributed by atoms with E-state index in [-0.39, 0.29) is 0 Å². The van der Waals surface area contributed by atoms with E-state index in [0.717, 1.165) is 0 Å². The van der Waals surface area contributed by atoms with Gasteiger partial charge < -0.3 is 0 Å². The van der Waals surface area contributed by atoms with E-state index in [4.69, 9.17) is 0 Å². The van der Waals surface area contributed by atoms with Crippen LogP contribution in [0.1, 0.15) is 6.92 Å². The second-order valence-corrected chi connectivity index (χ2v) is 36.2. The van der Waals surface area contributed by atoms with E-state index >= 15 is 0 Å². The van der Waals surface area contributed by atoms with Crippen LogP contribution in [-0.4, -0.2) is 44.6 Å². The van der Waals surface area contributed by atoms with E-state index < -0.39 is 37.3 Å². The van der Waals surface area contributed by atoms with Crippen molar-refractivity contribution in [3.63, 3.8) is 0 Å². The van der Waals surface area contributed by atoms with Gasteiger partial charge in [0.05, 0.1) is 0 Å². The normalized spacial score (nSPS) is 12.9. The van der Waals surface area contributed by atoms with Gasteiger partial charge in [0.25, 0.3) is 0 Å². The van der Waals surface area contributed by atoms with Gasteiger partial charge in [0.15, 0.2) is 0 Å². The van der Waals surface area contributed by atoms with Gasteiger partial charge in [0.2, 0.25) is 0 Å². The molecule has 4 heteroatoms. The fourth-order valence-electron chi connectivity index (χ4n) is 1.95. The van der Waals surface area contributed by atoms with Crippen LogP contribution in [0.15, 0.2) is 0 Å². The summed E-state index contributed by atoms with van der Waals surface area (Å²) in [5.74, 6) is 0.321. The summed E-state index contributed by atoms with van der Waals surface area (Å²) in [6, 6.07) is 0. The van der Waals surface area contributed by atoms with Gasteiger partial charge in [-0.2, -0.15) is 0 Å². The third-order valence-corrected chi connectivity index (χ3v) is 36.8. The van der Waals surface area contributed by atoms with E-state index in [9.17, 15) is 4.79 Å². The number of nitrogens with zero attached hydrogens (tertiary/aromatic N) is 1. The second-order valence-electron chi connectivity index (χ2n) is 5.20. The van der Waals surface area contributed by atoms with Crippen LogP contribution in [0.5, 0.6) is 0 Å². The Labute approximate surface area is 85.2 Å².